The molecule has 0 amide bonds. The molecule has 0 saturated carbocycles. The van der Waals surface area contributed by atoms with Crippen LogP contribution >= 0.6 is 0 Å². The first kappa shape index (κ1) is 24.6. The van der Waals surface area contributed by atoms with E-state index in [-0.39, 0.29) is 60.2 Å². The van der Waals surface area contributed by atoms with Gasteiger partial charge in [0, 0.05) is 0 Å². The smallest absolute Gasteiger partial charge is 1.00 e. The average molecular weight is 465 g/mol. The molecule has 2 aromatic rings. The van der Waals surface area contributed by atoms with E-state index >= 15 is 0 Å². The summed E-state index contributed by atoms with van der Waals surface area (Å²) < 4.78 is 0. The fourth-order valence-corrected chi connectivity index (χ4v) is 1.90. The van der Waals surface area contributed by atoms with Gasteiger partial charge in [0.1, 0.15) is 0 Å². The molecule has 0 fully saturated rings. The molecular weight excluding hydrogens is 443 g/mol. The minimum absolute atomic E-state index is 0. The van der Waals surface area contributed by atoms with E-state index in [0.29, 0.717) is 0 Å². The molecule has 0 bridgehead atoms. The molecule has 0 radical (unpaired) electrons. The Morgan fingerprint density at radius 2 is 0.947 bits per heavy atom. The first-order valence-corrected chi connectivity index (χ1v) is 5.81. The molecule has 0 aromatic heterocycles. The fraction of sp³-hybridized carbons (Fsp3) is 0.375. The molecule has 19 heavy (non-hydrogen) atoms. The van der Waals surface area contributed by atoms with Crippen molar-refractivity contribution >= 4 is 0 Å². The molecule has 0 aliphatic carbocycles. The molecular formula is C16H22Br2Zr. The van der Waals surface area contributed by atoms with Gasteiger partial charge in [0.2, 0.25) is 0 Å². The predicted molar refractivity (Wildman–Crippen MR) is 72.5 cm³/mol. The Bertz CT molecular complexity index is 384. The molecule has 3 heteroatoms. The Labute approximate surface area is 158 Å². The van der Waals surface area contributed by atoms with E-state index in [1.54, 1.807) is 0 Å². The Morgan fingerprint density at radius 1 is 0.684 bits per heavy atom. The molecule has 0 aliphatic heterocycles. The van der Waals surface area contributed by atoms with E-state index in [2.05, 4.69) is 65.8 Å². The maximum atomic E-state index is 2.20. The van der Waals surface area contributed by atoms with Gasteiger partial charge in [-0.2, -0.15) is 34.4 Å². The van der Waals surface area contributed by atoms with Gasteiger partial charge in [0.15, 0.2) is 0 Å². The van der Waals surface area contributed by atoms with Gasteiger partial charge in [-0.3, -0.25) is 0 Å². The van der Waals surface area contributed by atoms with Crippen LogP contribution in [0.3, 0.4) is 0 Å². The first-order valence-electron chi connectivity index (χ1n) is 5.81. The van der Waals surface area contributed by atoms with Crippen molar-refractivity contribution in [2.24, 2.45) is 0 Å². The minimum atomic E-state index is 0. The van der Waals surface area contributed by atoms with Gasteiger partial charge >= 0.3 is 26.2 Å². The normalized spacial score (nSPS) is 8.32. The Balaban J connectivity index is -0.000000233. The third kappa shape index (κ3) is 8.42. The first-order chi connectivity index (χ1) is 7.40. The van der Waals surface area contributed by atoms with Crippen molar-refractivity contribution in [1.82, 2.24) is 0 Å². The van der Waals surface area contributed by atoms with Gasteiger partial charge in [-0.05, 0) is 0 Å². The molecule has 0 heterocycles. The van der Waals surface area contributed by atoms with E-state index in [1.807, 2.05) is 0 Å². The van der Waals surface area contributed by atoms with Crippen molar-refractivity contribution in [3.05, 3.63) is 57.6 Å². The molecule has 2 aromatic carbocycles. The SMILES string of the molecule is Cc1cc(C)[c-](C)c1.Cc1cc(C)[c-](C)c1.[Br-].[Br-].[Zr+4]. The van der Waals surface area contributed by atoms with Gasteiger partial charge in [-0.1, -0.05) is 41.5 Å². The summed E-state index contributed by atoms with van der Waals surface area (Å²) in [6, 6.07) is 8.81. The second-order valence-corrected chi connectivity index (χ2v) is 4.80. The van der Waals surface area contributed by atoms with Gasteiger partial charge in [0.05, 0.1) is 0 Å². The largest absolute Gasteiger partial charge is 4.00 e. The van der Waals surface area contributed by atoms with Crippen LogP contribution in [0.25, 0.3) is 0 Å². The summed E-state index contributed by atoms with van der Waals surface area (Å²) in [6.45, 7) is 12.8. The molecule has 0 atom stereocenters. The summed E-state index contributed by atoms with van der Waals surface area (Å²) in [5.74, 6) is 0. The summed E-state index contributed by atoms with van der Waals surface area (Å²) in [5.41, 5.74) is 8.37. The zero-order valence-electron chi connectivity index (χ0n) is 12.6. The summed E-state index contributed by atoms with van der Waals surface area (Å²) in [5, 5.41) is 0. The summed E-state index contributed by atoms with van der Waals surface area (Å²) in [7, 11) is 0. The van der Waals surface area contributed by atoms with E-state index in [0.717, 1.165) is 0 Å². The van der Waals surface area contributed by atoms with Crippen LogP contribution in [0.4, 0.5) is 0 Å². The molecule has 0 spiro atoms. The van der Waals surface area contributed by atoms with Crippen LogP contribution < -0.4 is 34.0 Å². The van der Waals surface area contributed by atoms with Gasteiger partial charge in [-0.25, -0.2) is 23.3 Å². The molecule has 0 nitrogen and oxygen atoms in total. The summed E-state index contributed by atoms with van der Waals surface area (Å²) in [6.07, 6.45) is 0. The second kappa shape index (κ2) is 11.2. The molecule has 0 N–H and O–H groups in total. The van der Waals surface area contributed by atoms with Crippen molar-refractivity contribution in [3.8, 4) is 0 Å². The quantitative estimate of drug-likeness (QED) is 0.423. The topological polar surface area (TPSA) is 0 Å². The third-order valence-corrected chi connectivity index (χ3v) is 3.02. The van der Waals surface area contributed by atoms with E-state index in [1.165, 1.54) is 33.4 Å². The van der Waals surface area contributed by atoms with Crippen molar-refractivity contribution in [3.63, 3.8) is 0 Å². The number of rotatable bonds is 0. The number of hydrogen-bond donors (Lipinski definition) is 0. The zero-order valence-corrected chi connectivity index (χ0v) is 18.2. The maximum absolute atomic E-state index is 2.20. The average Bonchev–Trinajstić information content (AvgIpc) is 2.58. The summed E-state index contributed by atoms with van der Waals surface area (Å²) in [4.78, 5) is 0. The number of hydrogen-bond acceptors (Lipinski definition) is 0. The second-order valence-electron chi connectivity index (χ2n) is 4.80. The van der Waals surface area contributed by atoms with Crippen molar-refractivity contribution in [1.29, 1.82) is 0 Å². The Kier molecular flexibility index (Phi) is 14.5. The van der Waals surface area contributed by atoms with Gasteiger partial charge in [-0.15, -0.1) is 0 Å². The Hall–Kier alpha value is 0.543. The van der Waals surface area contributed by atoms with E-state index in [4.69, 9.17) is 0 Å². The van der Waals surface area contributed by atoms with E-state index < -0.39 is 0 Å². The zero-order chi connectivity index (χ0) is 12.3. The molecule has 2 rings (SSSR count). The van der Waals surface area contributed by atoms with E-state index in [9.17, 15) is 0 Å². The van der Waals surface area contributed by atoms with Crippen LogP contribution in [0.15, 0.2) is 24.3 Å². The molecule has 0 saturated heterocycles. The van der Waals surface area contributed by atoms with Crippen LogP contribution in [0.2, 0.25) is 0 Å². The van der Waals surface area contributed by atoms with Crippen LogP contribution in [0, 0.1) is 41.5 Å². The van der Waals surface area contributed by atoms with Gasteiger partial charge in [0.25, 0.3) is 0 Å². The van der Waals surface area contributed by atoms with Crippen molar-refractivity contribution in [2.45, 2.75) is 41.5 Å². The van der Waals surface area contributed by atoms with Gasteiger partial charge < -0.3 is 34.0 Å². The monoisotopic (exact) mass is 462 g/mol. The van der Waals surface area contributed by atoms with Crippen LogP contribution in [0.1, 0.15) is 33.4 Å². The van der Waals surface area contributed by atoms with Crippen LogP contribution in [-0.2, 0) is 26.2 Å². The Morgan fingerprint density at radius 3 is 1.00 bits per heavy atom. The minimum Gasteiger partial charge on any atom is -1.00 e. The number of aryl methyl sites for hydroxylation is 6. The van der Waals surface area contributed by atoms with Crippen LogP contribution in [0.5, 0.6) is 0 Å². The van der Waals surface area contributed by atoms with Crippen molar-refractivity contribution in [2.75, 3.05) is 0 Å². The molecule has 104 valence electrons. The maximum Gasteiger partial charge on any atom is 4.00 e. The number of halogens is 2. The fourth-order valence-electron chi connectivity index (χ4n) is 1.90. The predicted octanol–water partition coefficient (Wildman–Crippen LogP) is -1.33. The molecule has 0 aliphatic rings. The third-order valence-electron chi connectivity index (χ3n) is 3.02. The molecule has 0 unspecified atom stereocenters. The van der Waals surface area contributed by atoms with Crippen molar-refractivity contribution < 1.29 is 60.2 Å². The standard InChI is InChI=1S/2C8H11.2BrH.Zr/c2*1-6-4-7(2)8(3)5-6;;;/h2*4-5H,1-3H3;2*1H;/q2*-1;;;+4/p-2. The van der Waals surface area contributed by atoms with Crippen LogP contribution in [-0.4, -0.2) is 0 Å². The summed E-state index contributed by atoms with van der Waals surface area (Å²) >= 11 is 0.